The van der Waals surface area contributed by atoms with Crippen LogP contribution in [0.1, 0.15) is 26.7 Å². The van der Waals surface area contributed by atoms with Gasteiger partial charge in [0.2, 0.25) is 0 Å². The van der Waals surface area contributed by atoms with Crippen LogP contribution in [0.25, 0.3) is 0 Å². The first kappa shape index (κ1) is 10.0. The zero-order chi connectivity index (χ0) is 9.03. The van der Waals surface area contributed by atoms with Gasteiger partial charge >= 0.3 is 0 Å². The summed E-state index contributed by atoms with van der Waals surface area (Å²) in [6.45, 7) is 8.82. The van der Waals surface area contributed by atoms with Gasteiger partial charge in [-0.3, -0.25) is 0 Å². The molecule has 0 aromatic carbocycles. The highest BCUT2D eigenvalue weighted by Crippen LogP contribution is 2.31. The smallest absolute Gasteiger partial charge is 0.0521 e. The van der Waals surface area contributed by atoms with E-state index in [1.807, 2.05) is 0 Å². The number of hydrogen-bond acceptors (Lipinski definition) is 2. The molecule has 1 unspecified atom stereocenters. The Morgan fingerprint density at radius 1 is 1.50 bits per heavy atom. The third-order valence-corrected chi connectivity index (χ3v) is 2.94. The minimum atomic E-state index is 0.462. The molecule has 1 heterocycles. The maximum absolute atomic E-state index is 5.41. The van der Waals surface area contributed by atoms with Crippen LogP contribution in [0.3, 0.4) is 0 Å². The highest BCUT2D eigenvalue weighted by molar-refractivity contribution is 4.79. The van der Waals surface area contributed by atoms with Crippen LogP contribution in [0, 0.1) is 5.41 Å². The monoisotopic (exact) mass is 171 g/mol. The molecule has 72 valence electrons. The highest BCUT2D eigenvalue weighted by Gasteiger charge is 2.29. The van der Waals surface area contributed by atoms with Crippen molar-refractivity contribution in [3.8, 4) is 0 Å². The van der Waals surface area contributed by atoms with Crippen LogP contribution in [0.5, 0.6) is 0 Å². The van der Waals surface area contributed by atoms with Gasteiger partial charge in [0.1, 0.15) is 0 Å². The lowest BCUT2D eigenvalue weighted by Crippen LogP contribution is -2.26. The van der Waals surface area contributed by atoms with Crippen molar-refractivity contribution in [2.24, 2.45) is 5.41 Å². The average Bonchev–Trinajstić information content (AvgIpc) is 2.49. The van der Waals surface area contributed by atoms with Gasteiger partial charge in [-0.05, 0) is 38.4 Å². The zero-order valence-electron chi connectivity index (χ0n) is 8.60. The molecule has 2 heteroatoms. The van der Waals surface area contributed by atoms with Gasteiger partial charge in [-0.1, -0.05) is 13.8 Å². The Hall–Kier alpha value is -0.0800. The molecular formula is C10H21NO. The highest BCUT2D eigenvalue weighted by atomic mass is 16.5. The largest absolute Gasteiger partial charge is 0.381 e. The summed E-state index contributed by atoms with van der Waals surface area (Å²) in [7, 11) is 2.18. The lowest BCUT2D eigenvalue weighted by molar-refractivity contribution is 0.147. The van der Waals surface area contributed by atoms with Crippen molar-refractivity contribution >= 4 is 0 Å². The number of rotatable bonds is 4. The predicted octanol–water partition coefficient (Wildman–Crippen LogP) is 1.75. The molecule has 0 saturated carbocycles. The minimum Gasteiger partial charge on any atom is -0.381 e. The topological polar surface area (TPSA) is 12.5 Å². The van der Waals surface area contributed by atoms with Gasteiger partial charge in [-0.25, -0.2) is 0 Å². The van der Waals surface area contributed by atoms with Gasteiger partial charge < -0.3 is 9.64 Å². The second-order valence-electron chi connectivity index (χ2n) is 4.26. The lowest BCUT2D eigenvalue weighted by atomic mass is 9.86. The van der Waals surface area contributed by atoms with Gasteiger partial charge in [-0.2, -0.15) is 0 Å². The van der Waals surface area contributed by atoms with Crippen LogP contribution >= 0.6 is 0 Å². The summed E-state index contributed by atoms with van der Waals surface area (Å²) in [6, 6.07) is 0. The second-order valence-corrected chi connectivity index (χ2v) is 4.26. The Morgan fingerprint density at radius 2 is 2.25 bits per heavy atom. The van der Waals surface area contributed by atoms with Crippen molar-refractivity contribution in [1.82, 2.24) is 4.90 Å². The van der Waals surface area contributed by atoms with Crippen LogP contribution in [0.2, 0.25) is 0 Å². The second kappa shape index (κ2) is 4.24. The van der Waals surface area contributed by atoms with Crippen LogP contribution in [0.15, 0.2) is 0 Å². The van der Waals surface area contributed by atoms with Gasteiger partial charge in [0.15, 0.2) is 0 Å². The molecule has 1 aliphatic rings. The molecule has 0 N–H and O–H groups in total. The first-order valence-corrected chi connectivity index (χ1v) is 4.92. The average molecular weight is 171 g/mol. The molecule has 1 aliphatic heterocycles. The SMILES string of the molecule is CCN(C)CCC1(C)CCOC1. The van der Waals surface area contributed by atoms with Gasteiger partial charge in [-0.15, -0.1) is 0 Å². The van der Waals surface area contributed by atoms with E-state index in [0.29, 0.717) is 5.41 Å². The molecule has 0 aliphatic carbocycles. The van der Waals surface area contributed by atoms with Crippen molar-refractivity contribution < 1.29 is 4.74 Å². The molecule has 0 bridgehead atoms. The normalized spacial score (nSPS) is 30.0. The molecule has 1 saturated heterocycles. The first-order chi connectivity index (χ1) is 5.66. The van der Waals surface area contributed by atoms with E-state index in [1.54, 1.807) is 0 Å². The van der Waals surface area contributed by atoms with Gasteiger partial charge in [0.05, 0.1) is 6.61 Å². The Balaban J connectivity index is 2.21. The molecule has 0 amide bonds. The molecule has 1 atom stereocenters. The van der Waals surface area contributed by atoms with E-state index >= 15 is 0 Å². The Bertz CT molecular complexity index is 130. The molecule has 2 nitrogen and oxygen atoms in total. The third kappa shape index (κ3) is 2.76. The summed E-state index contributed by atoms with van der Waals surface area (Å²) in [5.41, 5.74) is 0.462. The number of hydrogen-bond donors (Lipinski definition) is 0. The van der Waals surface area contributed by atoms with Crippen LogP contribution < -0.4 is 0 Å². The summed E-state index contributed by atoms with van der Waals surface area (Å²) in [4.78, 5) is 2.36. The van der Waals surface area contributed by atoms with E-state index in [9.17, 15) is 0 Å². The van der Waals surface area contributed by atoms with Crippen LogP contribution in [-0.2, 0) is 4.74 Å². The molecule has 0 aromatic rings. The van der Waals surface area contributed by atoms with E-state index in [4.69, 9.17) is 4.74 Å². The molecular weight excluding hydrogens is 150 g/mol. The van der Waals surface area contributed by atoms with Crippen molar-refractivity contribution in [2.75, 3.05) is 33.4 Å². The summed E-state index contributed by atoms with van der Waals surface area (Å²) in [5, 5.41) is 0. The van der Waals surface area contributed by atoms with E-state index < -0.39 is 0 Å². The van der Waals surface area contributed by atoms with E-state index in [2.05, 4.69) is 25.8 Å². The minimum absolute atomic E-state index is 0.462. The van der Waals surface area contributed by atoms with E-state index in [-0.39, 0.29) is 0 Å². The van der Waals surface area contributed by atoms with Crippen LogP contribution in [-0.4, -0.2) is 38.3 Å². The third-order valence-electron chi connectivity index (χ3n) is 2.94. The fourth-order valence-corrected chi connectivity index (χ4v) is 1.53. The molecule has 0 spiro atoms. The first-order valence-electron chi connectivity index (χ1n) is 4.92. The van der Waals surface area contributed by atoms with Crippen molar-refractivity contribution in [3.05, 3.63) is 0 Å². The number of nitrogens with zero attached hydrogens (tertiary/aromatic N) is 1. The van der Waals surface area contributed by atoms with E-state index in [0.717, 1.165) is 19.8 Å². The van der Waals surface area contributed by atoms with Crippen LogP contribution in [0.4, 0.5) is 0 Å². The Labute approximate surface area is 75.9 Å². The fraction of sp³-hybridized carbons (Fsp3) is 1.00. The molecule has 0 aromatic heterocycles. The summed E-state index contributed by atoms with van der Waals surface area (Å²) < 4.78 is 5.41. The lowest BCUT2D eigenvalue weighted by Gasteiger charge is -2.24. The summed E-state index contributed by atoms with van der Waals surface area (Å²) in [6.07, 6.45) is 2.52. The molecule has 1 rings (SSSR count). The standard InChI is InChI=1S/C10H21NO/c1-4-11(3)7-5-10(2)6-8-12-9-10/h4-9H2,1-3H3. The van der Waals surface area contributed by atoms with Crippen molar-refractivity contribution in [3.63, 3.8) is 0 Å². The Kier molecular flexibility index (Phi) is 3.53. The Morgan fingerprint density at radius 3 is 2.75 bits per heavy atom. The summed E-state index contributed by atoms with van der Waals surface area (Å²) in [5.74, 6) is 0. The molecule has 0 radical (unpaired) electrons. The summed E-state index contributed by atoms with van der Waals surface area (Å²) >= 11 is 0. The molecule has 1 fully saturated rings. The quantitative estimate of drug-likeness (QED) is 0.639. The van der Waals surface area contributed by atoms with Gasteiger partial charge in [0, 0.05) is 6.61 Å². The maximum atomic E-state index is 5.41. The fourth-order valence-electron chi connectivity index (χ4n) is 1.53. The van der Waals surface area contributed by atoms with Gasteiger partial charge in [0.25, 0.3) is 0 Å². The number of ether oxygens (including phenoxy) is 1. The van der Waals surface area contributed by atoms with Crippen molar-refractivity contribution in [2.45, 2.75) is 26.7 Å². The zero-order valence-corrected chi connectivity index (χ0v) is 8.60. The van der Waals surface area contributed by atoms with Crippen molar-refractivity contribution in [1.29, 1.82) is 0 Å². The van der Waals surface area contributed by atoms with E-state index in [1.165, 1.54) is 19.4 Å². The maximum Gasteiger partial charge on any atom is 0.0521 e. The molecule has 12 heavy (non-hydrogen) atoms. The predicted molar refractivity (Wildman–Crippen MR) is 51.3 cm³/mol.